The number of amides is 1. The van der Waals surface area contributed by atoms with Crippen LogP contribution in [0.2, 0.25) is 0 Å². The number of rotatable bonds is 1. The maximum absolute atomic E-state index is 12.5. The van der Waals surface area contributed by atoms with Crippen molar-refractivity contribution in [1.82, 2.24) is 0 Å². The number of benzene rings is 1. The molecule has 0 aromatic heterocycles. The molecular formula is C11H10F3NOS. The Hall–Kier alpha value is -1.17. The fourth-order valence-electron chi connectivity index (χ4n) is 1.60. The molecule has 6 heteroatoms. The third kappa shape index (κ3) is 2.41. The molecular weight excluding hydrogens is 251 g/mol. The van der Waals surface area contributed by atoms with Gasteiger partial charge in [0.25, 0.3) is 0 Å². The number of carbonyl (C=O) groups is 1. The minimum atomic E-state index is -4.38. The van der Waals surface area contributed by atoms with Gasteiger partial charge in [-0.2, -0.15) is 13.2 Å². The average molecular weight is 261 g/mol. The zero-order chi connectivity index (χ0) is 12.6. The van der Waals surface area contributed by atoms with Crippen LogP contribution in [-0.4, -0.2) is 11.2 Å². The summed E-state index contributed by atoms with van der Waals surface area (Å²) in [5, 5.41) is 2.29. The molecule has 1 atom stereocenters. The normalized spacial score (nSPS) is 19.8. The second kappa shape index (κ2) is 4.25. The minimum Gasteiger partial charge on any atom is -0.324 e. The lowest BCUT2D eigenvalue weighted by atomic mass is 10.2. The first-order valence-electron chi connectivity index (χ1n) is 5.10. The van der Waals surface area contributed by atoms with Crippen LogP contribution in [0.25, 0.3) is 0 Å². The standard InChI is InChI=1S/C11H10F3NOS/c1-2-8-10(16)15-7-5-6(11(12,13)14)3-4-9(7)17-8/h3-5,8H,2H2,1H3,(H,15,16). The highest BCUT2D eigenvalue weighted by molar-refractivity contribution is 8.01. The molecule has 1 aromatic rings. The van der Waals surface area contributed by atoms with E-state index in [4.69, 9.17) is 0 Å². The lowest BCUT2D eigenvalue weighted by Crippen LogP contribution is -2.28. The zero-order valence-corrected chi connectivity index (χ0v) is 9.78. The number of fused-ring (bicyclic) bond motifs is 1. The van der Waals surface area contributed by atoms with Crippen LogP contribution in [0, 0.1) is 0 Å². The molecule has 2 rings (SSSR count). The number of alkyl halides is 3. The van der Waals surface area contributed by atoms with E-state index in [1.165, 1.54) is 17.8 Å². The highest BCUT2D eigenvalue weighted by Gasteiger charge is 2.33. The Morgan fingerprint density at radius 3 is 2.71 bits per heavy atom. The molecule has 2 nitrogen and oxygen atoms in total. The third-order valence-electron chi connectivity index (χ3n) is 2.50. The van der Waals surface area contributed by atoms with Gasteiger partial charge in [-0.1, -0.05) is 6.92 Å². The molecule has 17 heavy (non-hydrogen) atoms. The van der Waals surface area contributed by atoms with Gasteiger partial charge < -0.3 is 5.32 Å². The molecule has 0 aliphatic carbocycles. The fourth-order valence-corrected chi connectivity index (χ4v) is 2.62. The second-order valence-electron chi connectivity index (χ2n) is 3.71. The summed E-state index contributed by atoms with van der Waals surface area (Å²) in [4.78, 5) is 12.2. The number of halogens is 3. The number of anilines is 1. The Bertz CT molecular complexity index is 459. The molecule has 0 fully saturated rings. The lowest BCUT2D eigenvalue weighted by molar-refractivity contribution is -0.137. The van der Waals surface area contributed by atoms with E-state index in [9.17, 15) is 18.0 Å². The summed E-state index contributed by atoms with van der Waals surface area (Å²) in [7, 11) is 0. The van der Waals surface area contributed by atoms with Gasteiger partial charge in [-0.25, -0.2) is 0 Å². The quantitative estimate of drug-likeness (QED) is 0.838. The summed E-state index contributed by atoms with van der Waals surface area (Å²) in [5.41, 5.74) is -0.494. The molecule has 1 unspecified atom stereocenters. The van der Waals surface area contributed by atoms with E-state index in [2.05, 4.69) is 5.32 Å². The molecule has 1 amide bonds. The van der Waals surface area contributed by atoms with E-state index in [0.717, 1.165) is 12.1 Å². The van der Waals surface area contributed by atoms with Crippen molar-refractivity contribution in [2.24, 2.45) is 0 Å². The van der Waals surface area contributed by atoms with Gasteiger partial charge in [0.15, 0.2) is 0 Å². The van der Waals surface area contributed by atoms with Crippen molar-refractivity contribution in [3.63, 3.8) is 0 Å². The molecule has 92 valence electrons. The average Bonchev–Trinajstić information content (AvgIpc) is 2.26. The van der Waals surface area contributed by atoms with E-state index in [0.29, 0.717) is 11.3 Å². The van der Waals surface area contributed by atoms with Gasteiger partial charge in [0, 0.05) is 4.90 Å². The first-order chi connectivity index (χ1) is 7.91. The van der Waals surface area contributed by atoms with Crippen molar-refractivity contribution >= 4 is 23.4 Å². The second-order valence-corrected chi connectivity index (χ2v) is 4.96. The summed E-state index contributed by atoms with van der Waals surface area (Å²) in [5.74, 6) is -0.232. The van der Waals surface area contributed by atoms with Crippen LogP contribution < -0.4 is 5.32 Å². The Balaban J connectivity index is 2.36. The van der Waals surface area contributed by atoms with Crippen molar-refractivity contribution in [3.05, 3.63) is 23.8 Å². The predicted octanol–water partition coefficient (Wildman–Crippen LogP) is 3.53. The van der Waals surface area contributed by atoms with Crippen LogP contribution in [0.4, 0.5) is 18.9 Å². The van der Waals surface area contributed by atoms with Crippen LogP contribution in [-0.2, 0) is 11.0 Å². The number of thioether (sulfide) groups is 1. The topological polar surface area (TPSA) is 29.1 Å². The molecule has 0 saturated carbocycles. The smallest absolute Gasteiger partial charge is 0.324 e. The maximum atomic E-state index is 12.5. The molecule has 1 aromatic carbocycles. The summed E-state index contributed by atoms with van der Waals surface area (Å²) >= 11 is 1.31. The molecule has 0 spiro atoms. The molecule has 0 radical (unpaired) electrons. The van der Waals surface area contributed by atoms with E-state index >= 15 is 0 Å². The van der Waals surface area contributed by atoms with Gasteiger partial charge in [0.2, 0.25) is 5.91 Å². The summed E-state index contributed by atoms with van der Waals surface area (Å²) in [6.45, 7) is 1.87. The molecule has 1 N–H and O–H groups in total. The van der Waals surface area contributed by atoms with Crippen LogP contribution >= 0.6 is 11.8 Å². The van der Waals surface area contributed by atoms with E-state index in [1.807, 2.05) is 6.92 Å². The zero-order valence-electron chi connectivity index (χ0n) is 8.97. The van der Waals surface area contributed by atoms with Gasteiger partial charge in [-0.3, -0.25) is 4.79 Å². The van der Waals surface area contributed by atoms with E-state index < -0.39 is 11.7 Å². The van der Waals surface area contributed by atoms with Crippen LogP contribution in [0.3, 0.4) is 0 Å². The Morgan fingerprint density at radius 2 is 2.12 bits per heavy atom. The highest BCUT2D eigenvalue weighted by atomic mass is 32.2. The first kappa shape index (κ1) is 12.3. The summed E-state index contributed by atoms with van der Waals surface area (Å²) in [6.07, 6.45) is -3.73. The Labute approximate surface area is 101 Å². The highest BCUT2D eigenvalue weighted by Crippen LogP contribution is 2.40. The van der Waals surface area contributed by atoms with Gasteiger partial charge in [-0.05, 0) is 24.6 Å². The monoisotopic (exact) mass is 261 g/mol. The van der Waals surface area contributed by atoms with Gasteiger partial charge >= 0.3 is 6.18 Å². The van der Waals surface area contributed by atoms with Crippen molar-refractivity contribution < 1.29 is 18.0 Å². The van der Waals surface area contributed by atoms with E-state index in [1.54, 1.807) is 0 Å². The largest absolute Gasteiger partial charge is 0.416 e. The fraction of sp³-hybridized carbons (Fsp3) is 0.364. The molecule has 0 saturated heterocycles. The molecule has 1 aliphatic heterocycles. The first-order valence-corrected chi connectivity index (χ1v) is 5.98. The Kier molecular flexibility index (Phi) is 3.07. The van der Waals surface area contributed by atoms with Crippen molar-refractivity contribution in [1.29, 1.82) is 0 Å². The van der Waals surface area contributed by atoms with Crippen molar-refractivity contribution in [2.75, 3.05) is 5.32 Å². The lowest BCUT2D eigenvalue weighted by Gasteiger charge is -2.23. The molecule has 1 heterocycles. The Morgan fingerprint density at radius 1 is 1.41 bits per heavy atom. The van der Waals surface area contributed by atoms with Crippen LogP contribution in [0.5, 0.6) is 0 Å². The van der Waals surface area contributed by atoms with Gasteiger partial charge in [0.05, 0.1) is 16.5 Å². The summed E-state index contributed by atoms with van der Waals surface area (Å²) < 4.78 is 37.4. The van der Waals surface area contributed by atoms with Crippen LogP contribution in [0.15, 0.2) is 23.1 Å². The van der Waals surface area contributed by atoms with Crippen LogP contribution in [0.1, 0.15) is 18.9 Å². The number of nitrogens with one attached hydrogen (secondary N) is 1. The van der Waals surface area contributed by atoms with Gasteiger partial charge in [-0.15, -0.1) is 11.8 Å². The SMILES string of the molecule is CCC1Sc2ccc(C(F)(F)F)cc2NC1=O. The third-order valence-corrected chi connectivity index (χ3v) is 3.94. The molecule has 0 bridgehead atoms. The predicted molar refractivity (Wildman–Crippen MR) is 60.0 cm³/mol. The molecule has 1 aliphatic rings. The number of carbonyl (C=O) groups excluding carboxylic acids is 1. The summed E-state index contributed by atoms with van der Waals surface area (Å²) in [6, 6.07) is 3.42. The van der Waals surface area contributed by atoms with E-state index in [-0.39, 0.29) is 16.8 Å². The number of hydrogen-bond acceptors (Lipinski definition) is 2. The minimum absolute atomic E-state index is 0.223. The number of hydrogen-bond donors (Lipinski definition) is 1. The van der Waals surface area contributed by atoms with Crippen molar-refractivity contribution in [3.8, 4) is 0 Å². The van der Waals surface area contributed by atoms with Crippen molar-refractivity contribution in [2.45, 2.75) is 29.7 Å². The maximum Gasteiger partial charge on any atom is 0.416 e. The van der Waals surface area contributed by atoms with Gasteiger partial charge in [0.1, 0.15) is 0 Å².